The lowest BCUT2D eigenvalue weighted by Crippen LogP contribution is -2.39. The Hall–Kier alpha value is -1.62. The quantitative estimate of drug-likeness (QED) is 0.569. The van der Waals surface area contributed by atoms with Crippen LogP contribution in [0.3, 0.4) is 0 Å². The second-order valence-corrected chi connectivity index (χ2v) is 5.22. The number of hydrogen-bond acceptors (Lipinski definition) is 2. The molecule has 2 rings (SSSR count). The summed E-state index contributed by atoms with van der Waals surface area (Å²) in [5, 5.41) is 16.4. The van der Waals surface area contributed by atoms with Crippen molar-refractivity contribution in [2.75, 3.05) is 13.1 Å². The molecule has 110 valence electrons. The number of aliphatic hydroxyl groups excluding tert-OH is 1. The van der Waals surface area contributed by atoms with Crippen LogP contribution in [0.5, 0.6) is 0 Å². The summed E-state index contributed by atoms with van der Waals surface area (Å²) < 4.78 is 13.5. The lowest BCUT2D eigenvalue weighted by Gasteiger charge is -2.13. The van der Waals surface area contributed by atoms with Gasteiger partial charge in [-0.15, -0.1) is 0 Å². The molecule has 1 saturated carbocycles. The molecule has 1 aliphatic rings. The van der Waals surface area contributed by atoms with Crippen molar-refractivity contribution in [2.24, 2.45) is 10.9 Å². The van der Waals surface area contributed by atoms with Gasteiger partial charge in [-0.1, -0.05) is 25.1 Å². The Morgan fingerprint density at radius 1 is 1.50 bits per heavy atom. The highest BCUT2D eigenvalue weighted by molar-refractivity contribution is 5.80. The van der Waals surface area contributed by atoms with E-state index in [1.807, 2.05) is 6.92 Å². The van der Waals surface area contributed by atoms with E-state index in [1.54, 1.807) is 18.2 Å². The first-order valence-corrected chi connectivity index (χ1v) is 7.09. The third-order valence-corrected chi connectivity index (χ3v) is 3.46. The topological polar surface area (TPSA) is 56.7 Å². The molecule has 3 unspecified atom stereocenters. The van der Waals surface area contributed by atoms with Crippen LogP contribution in [-0.4, -0.2) is 30.2 Å². The molecule has 0 aliphatic heterocycles. The van der Waals surface area contributed by atoms with Gasteiger partial charge < -0.3 is 15.7 Å². The third kappa shape index (κ3) is 3.93. The van der Waals surface area contributed by atoms with Gasteiger partial charge >= 0.3 is 0 Å². The van der Waals surface area contributed by atoms with Crippen molar-refractivity contribution in [3.63, 3.8) is 0 Å². The Bertz CT molecular complexity index is 478. The Morgan fingerprint density at radius 3 is 2.80 bits per heavy atom. The number of aliphatic hydroxyl groups is 1. The summed E-state index contributed by atoms with van der Waals surface area (Å²) in [4.78, 5) is 4.32. The van der Waals surface area contributed by atoms with Crippen LogP contribution in [0.1, 0.15) is 31.9 Å². The molecule has 0 amide bonds. The Balaban J connectivity index is 1.95. The van der Waals surface area contributed by atoms with Crippen molar-refractivity contribution in [1.82, 2.24) is 10.6 Å². The zero-order valence-electron chi connectivity index (χ0n) is 11.9. The number of benzene rings is 1. The summed E-state index contributed by atoms with van der Waals surface area (Å²) >= 11 is 0. The second kappa shape index (κ2) is 6.70. The maximum Gasteiger partial charge on any atom is 0.191 e. The zero-order valence-corrected chi connectivity index (χ0v) is 11.9. The molecule has 20 heavy (non-hydrogen) atoms. The summed E-state index contributed by atoms with van der Waals surface area (Å²) in [6.07, 6.45) is 0.212. The number of rotatable bonds is 5. The minimum Gasteiger partial charge on any atom is -0.386 e. The SMILES string of the molecule is CCNC(=NCC(O)c1ccccc1F)NC1CC1C. The third-order valence-electron chi connectivity index (χ3n) is 3.46. The van der Waals surface area contributed by atoms with Crippen LogP contribution in [0.2, 0.25) is 0 Å². The fourth-order valence-corrected chi connectivity index (χ4v) is 2.04. The van der Waals surface area contributed by atoms with Gasteiger partial charge in [0.15, 0.2) is 5.96 Å². The average Bonchev–Trinajstić information content (AvgIpc) is 3.12. The minimum atomic E-state index is -0.928. The summed E-state index contributed by atoms with van der Waals surface area (Å²) in [5.74, 6) is 0.941. The second-order valence-electron chi connectivity index (χ2n) is 5.22. The molecule has 0 bridgehead atoms. The molecule has 0 heterocycles. The molecule has 1 aliphatic carbocycles. The van der Waals surface area contributed by atoms with Gasteiger partial charge in [0.2, 0.25) is 0 Å². The minimum absolute atomic E-state index is 0.136. The highest BCUT2D eigenvalue weighted by Gasteiger charge is 2.33. The average molecular weight is 279 g/mol. The van der Waals surface area contributed by atoms with E-state index in [9.17, 15) is 9.50 Å². The first kappa shape index (κ1) is 14.8. The van der Waals surface area contributed by atoms with Gasteiger partial charge in [-0.3, -0.25) is 4.99 Å². The highest BCUT2D eigenvalue weighted by atomic mass is 19.1. The molecule has 1 aromatic rings. The Morgan fingerprint density at radius 2 is 2.20 bits per heavy atom. The highest BCUT2D eigenvalue weighted by Crippen LogP contribution is 2.28. The monoisotopic (exact) mass is 279 g/mol. The molecule has 1 aromatic carbocycles. The molecule has 0 saturated heterocycles. The number of hydrogen-bond donors (Lipinski definition) is 3. The van der Waals surface area contributed by atoms with E-state index in [0.717, 1.165) is 13.0 Å². The fourth-order valence-electron chi connectivity index (χ4n) is 2.04. The van der Waals surface area contributed by atoms with Crippen molar-refractivity contribution in [3.8, 4) is 0 Å². The van der Waals surface area contributed by atoms with Gasteiger partial charge in [0.05, 0.1) is 6.54 Å². The van der Waals surface area contributed by atoms with Crippen LogP contribution in [0.15, 0.2) is 29.3 Å². The van der Waals surface area contributed by atoms with Gasteiger partial charge in [-0.25, -0.2) is 4.39 Å². The van der Waals surface area contributed by atoms with Crippen LogP contribution in [0, 0.1) is 11.7 Å². The summed E-state index contributed by atoms with van der Waals surface area (Å²) in [5.41, 5.74) is 0.284. The van der Waals surface area contributed by atoms with E-state index in [-0.39, 0.29) is 12.1 Å². The number of nitrogens with zero attached hydrogens (tertiary/aromatic N) is 1. The summed E-state index contributed by atoms with van der Waals surface area (Å²) in [6.45, 7) is 5.05. The summed E-state index contributed by atoms with van der Waals surface area (Å²) in [6, 6.07) is 6.70. The normalized spacial score (nSPS) is 23.3. The molecule has 0 spiro atoms. The first-order valence-electron chi connectivity index (χ1n) is 7.09. The molecule has 4 nitrogen and oxygen atoms in total. The van der Waals surface area contributed by atoms with E-state index in [1.165, 1.54) is 6.07 Å². The number of aliphatic imine (C=N–C) groups is 1. The zero-order chi connectivity index (χ0) is 14.5. The van der Waals surface area contributed by atoms with E-state index < -0.39 is 11.9 Å². The lowest BCUT2D eigenvalue weighted by atomic mass is 10.1. The van der Waals surface area contributed by atoms with Gasteiger partial charge in [-0.05, 0) is 25.3 Å². The van der Waals surface area contributed by atoms with Crippen LogP contribution >= 0.6 is 0 Å². The lowest BCUT2D eigenvalue weighted by molar-refractivity contribution is 0.182. The number of guanidine groups is 1. The molecule has 1 fully saturated rings. The maximum atomic E-state index is 13.5. The number of halogens is 1. The van der Waals surface area contributed by atoms with E-state index in [0.29, 0.717) is 17.9 Å². The maximum absolute atomic E-state index is 13.5. The molecule has 5 heteroatoms. The molecular formula is C15H22FN3O. The molecule has 0 aromatic heterocycles. The van der Waals surface area contributed by atoms with Crippen LogP contribution in [-0.2, 0) is 0 Å². The van der Waals surface area contributed by atoms with Crippen molar-refractivity contribution in [3.05, 3.63) is 35.6 Å². The Kier molecular flexibility index (Phi) is 4.95. The van der Waals surface area contributed by atoms with Gasteiger partial charge in [0, 0.05) is 18.2 Å². The van der Waals surface area contributed by atoms with Crippen LogP contribution < -0.4 is 10.6 Å². The fraction of sp³-hybridized carbons (Fsp3) is 0.533. The van der Waals surface area contributed by atoms with Crippen molar-refractivity contribution in [1.29, 1.82) is 0 Å². The van der Waals surface area contributed by atoms with E-state index >= 15 is 0 Å². The molecular weight excluding hydrogens is 257 g/mol. The number of nitrogens with one attached hydrogen (secondary N) is 2. The van der Waals surface area contributed by atoms with E-state index in [4.69, 9.17) is 0 Å². The molecule has 0 radical (unpaired) electrons. The first-order chi connectivity index (χ1) is 9.61. The van der Waals surface area contributed by atoms with Crippen molar-refractivity contribution < 1.29 is 9.50 Å². The standard InChI is InChI=1S/C15H22FN3O/c1-3-17-15(19-13-8-10(13)2)18-9-14(20)11-6-4-5-7-12(11)16/h4-7,10,13-14,20H,3,8-9H2,1-2H3,(H2,17,18,19). The van der Waals surface area contributed by atoms with Crippen LogP contribution in [0.25, 0.3) is 0 Å². The van der Waals surface area contributed by atoms with Gasteiger partial charge in [0.25, 0.3) is 0 Å². The Labute approximate surface area is 119 Å². The van der Waals surface area contributed by atoms with Crippen molar-refractivity contribution >= 4 is 5.96 Å². The van der Waals surface area contributed by atoms with Crippen LogP contribution in [0.4, 0.5) is 4.39 Å². The van der Waals surface area contributed by atoms with Gasteiger partial charge in [-0.2, -0.15) is 0 Å². The largest absolute Gasteiger partial charge is 0.386 e. The summed E-state index contributed by atoms with van der Waals surface area (Å²) in [7, 11) is 0. The van der Waals surface area contributed by atoms with E-state index in [2.05, 4.69) is 22.5 Å². The predicted molar refractivity (Wildman–Crippen MR) is 78.0 cm³/mol. The molecule has 3 N–H and O–H groups in total. The predicted octanol–water partition coefficient (Wildman–Crippen LogP) is 1.82. The molecule has 3 atom stereocenters. The van der Waals surface area contributed by atoms with Gasteiger partial charge in [0.1, 0.15) is 11.9 Å². The van der Waals surface area contributed by atoms with Crippen molar-refractivity contribution in [2.45, 2.75) is 32.4 Å². The smallest absolute Gasteiger partial charge is 0.191 e.